The maximum Gasteiger partial charge on any atom is 0.303 e. The Labute approximate surface area is 72.6 Å². The molecule has 1 unspecified atom stereocenters. The smallest absolute Gasteiger partial charge is 0.303 e. The van der Waals surface area contributed by atoms with Gasteiger partial charge in [0.1, 0.15) is 0 Å². The van der Waals surface area contributed by atoms with Crippen LogP contribution in [0.1, 0.15) is 39.0 Å². The molecule has 66 valence electrons. The summed E-state index contributed by atoms with van der Waals surface area (Å²) >= 11 is 5.84. The molecule has 0 saturated heterocycles. The van der Waals surface area contributed by atoms with Crippen LogP contribution in [-0.2, 0) is 4.79 Å². The summed E-state index contributed by atoms with van der Waals surface area (Å²) in [6, 6.07) is 0. The number of carboxylic acids is 1. The fourth-order valence-corrected chi connectivity index (χ4v) is 1.11. The van der Waals surface area contributed by atoms with Crippen LogP contribution in [-0.4, -0.2) is 16.5 Å². The zero-order valence-corrected chi connectivity index (χ0v) is 7.60. The van der Waals surface area contributed by atoms with Crippen molar-refractivity contribution < 1.29 is 9.90 Å². The Morgan fingerprint density at radius 1 is 1.55 bits per heavy atom. The number of halogens is 1. The summed E-state index contributed by atoms with van der Waals surface area (Å²) in [7, 11) is 0. The Morgan fingerprint density at radius 3 is 2.64 bits per heavy atom. The predicted octanol–water partition coefficient (Wildman–Crippen LogP) is 2.65. The lowest BCUT2D eigenvalue weighted by Crippen LogP contribution is -2.03. The lowest BCUT2D eigenvalue weighted by atomic mass is 10.1. The van der Waals surface area contributed by atoms with Gasteiger partial charge in [-0.3, -0.25) is 4.79 Å². The number of alkyl halides is 1. The average molecular weight is 179 g/mol. The molecule has 0 aliphatic carbocycles. The largest absolute Gasteiger partial charge is 0.481 e. The first-order valence-electron chi connectivity index (χ1n) is 4.02. The van der Waals surface area contributed by atoms with Crippen LogP contribution >= 0.6 is 11.6 Å². The van der Waals surface area contributed by atoms with Crippen molar-refractivity contribution in [3.8, 4) is 0 Å². The quantitative estimate of drug-likeness (QED) is 0.635. The fourth-order valence-electron chi connectivity index (χ4n) is 0.850. The van der Waals surface area contributed by atoms with E-state index in [0.717, 1.165) is 19.3 Å². The first-order chi connectivity index (χ1) is 5.16. The van der Waals surface area contributed by atoms with Gasteiger partial charge in [-0.05, 0) is 12.8 Å². The van der Waals surface area contributed by atoms with Gasteiger partial charge in [-0.1, -0.05) is 19.8 Å². The van der Waals surface area contributed by atoms with Crippen molar-refractivity contribution in [2.75, 3.05) is 0 Å². The van der Waals surface area contributed by atoms with Gasteiger partial charge in [-0.25, -0.2) is 0 Å². The molecule has 0 rings (SSSR count). The summed E-state index contributed by atoms with van der Waals surface area (Å²) in [5.74, 6) is -0.757. The number of carboxylic acid groups (broad SMARTS) is 1. The lowest BCUT2D eigenvalue weighted by Gasteiger charge is -2.05. The Hall–Kier alpha value is -0.240. The zero-order chi connectivity index (χ0) is 8.69. The second kappa shape index (κ2) is 6.47. The number of rotatable bonds is 6. The fraction of sp³-hybridized carbons (Fsp3) is 0.875. The summed E-state index contributed by atoms with van der Waals surface area (Å²) in [5.41, 5.74) is 0. The third kappa shape index (κ3) is 7.66. The van der Waals surface area contributed by atoms with Crippen molar-refractivity contribution >= 4 is 17.6 Å². The van der Waals surface area contributed by atoms with Crippen molar-refractivity contribution in [2.45, 2.75) is 44.4 Å². The standard InChI is InChI=1S/C8H15ClO2/c1-2-3-4-7(9)5-6-8(10)11/h7H,2-6H2,1H3,(H,10,11). The molecule has 0 aromatic carbocycles. The molecule has 1 N–H and O–H groups in total. The minimum atomic E-state index is -0.757. The first kappa shape index (κ1) is 10.8. The van der Waals surface area contributed by atoms with Crippen LogP contribution < -0.4 is 0 Å². The van der Waals surface area contributed by atoms with E-state index in [4.69, 9.17) is 16.7 Å². The van der Waals surface area contributed by atoms with E-state index in [1.807, 2.05) is 0 Å². The van der Waals surface area contributed by atoms with Crippen molar-refractivity contribution in [3.05, 3.63) is 0 Å². The van der Waals surface area contributed by atoms with Gasteiger partial charge >= 0.3 is 5.97 Å². The summed E-state index contributed by atoms with van der Waals surface area (Å²) in [4.78, 5) is 10.1. The van der Waals surface area contributed by atoms with Crippen LogP contribution in [0.3, 0.4) is 0 Å². The van der Waals surface area contributed by atoms with Crippen molar-refractivity contribution in [2.24, 2.45) is 0 Å². The molecule has 0 bridgehead atoms. The molecule has 0 spiro atoms. The topological polar surface area (TPSA) is 37.3 Å². The summed E-state index contributed by atoms with van der Waals surface area (Å²) in [6.07, 6.45) is 3.93. The highest BCUT2D eigenvalue weighted by Crippen LogP contribution is 2.12. The average Bonchev–Trinajstić information content (AvgIpc) is 1.97. The highest BCUT2D eigenvalue weighted by molar-refractivity contribution is 6.20. The van der Waals surface area contributed by atoms with Crippen molar-refractivity contribution in [1.82, 2.24) is 0 Å². The SMILES string of the molecule is CCCCC(Cl)CCC(=O)O. The van der Waals surface area contributed by atoms with Gasteiger partial charge in [-0.2, -0.15) is 0 Å². The van der Waals surface area contributed by atoms with E-state index < -0.39 is 5.97 Å². The molecule has 0 aliphatic heterocycles. The van der Waals surface area contributed by atoms with Crippen LogP contribution in [0, 0.1) is 0 Å². The maximum absolute atomic E-state index is 10.1. The lowest BCUT2D eigenvalue weighted by molar-refractivity contribution is -0.137. The first-order valence-corrected chi connectivity index (χ1v) is 4.46. The van der Waals surface area contributed by atoms with E-state index in [9.17, 15) is 4.79 Å². The molecule has 11 heavy (non-hydrogen) atoms. The summed E-state index contributed by atoms with van der Waals surface area (Å²) < 4.78 is 0. The van der Waals surface area contributed by atoms with Gasteiger partial charge < -0.3 is 5.11 Å². The van der Waals surface area contributed by atoms with Gasteiger partial charge in [0, 0.05) is 11.8 Å². The minimum Gasteiger partial charge on any atom is -0.481 e. The Morgan fingerprint density at radius 2 is 2.18 bits per heavy atom. The molecule has 0 radical (unpaired) electrons. The molecule has 2 nitrogen and oxygen atoms in total. The molecule has 0 saturated carbocycles. The molecular formula is C8H15ClO2. The van der Waals surface area contributed by atoms with E-state index in [0.29, 0.717) is 6.42 Å². The van der Waals surface area contributed by atoms with Crippen LogP contribution in [0.2, 0.25) is 0 Å². The Bertz CT molecular complexity index is 115. The Balaban J connectivity index is 3.22. The molecular weight excluding hydrogens is 164 g/mol. The normalized spacial score (nSPS) is 12.9. The number of unbranched alkanes of at least 4 members (excludes halogenated alkanes) is 1. The maximum atomic E-state index is 10.1. The molecule has 0 aromatic heterocycles. The Kier molecular flexibility index (Phi) is 6.33. The molecule has 3 heteroatoms. The van der Waals surface area contributed by atoms with E-state index in [2.05, 4.69) is 6.92 Å². The van der Waals surface area contributed by atoms with Crippen LogP contribution in [0.5, 0.6) is 0 Å². The highest BCUT2D eigenvalue weighted by Gasteiger charge is 2.05. The van der Waals surface area contributed by atoms with Crippen molar-refractivity contribution in [1.29, 1.82) is 0 Å². The van der Waals surface area contributed by atoms with Crippen LogP contribution in [0.25, 0.3) is 0 Å². The minimum absolute atomic E-state index is 0.0473. The van der Waals surface area contributed by atoms with E-state index in [1.165, 1.54) is 0 Å². The van der Waals surface area contributed by atoms with Gasteiger partial charge in [0.25, 0.3) is 0 Å². The van der Waals surface area contributed by atoms with E-state index in [-0.39, 0.29) is 11.8 Å². The monoisotopic (exact) mass is 178 g/mol. The van der Waals surface area contributed by atoms with Gasteiger partial charge in [0.2, 0.25) is 0 Å². The third-order valence-corrected chi connectivity index (χ3v) is 1.98. The van der Waals surface area contributed by atoms with Crippen LogP contribution in [0.4, 0.5) is 0 Å². The van der Waals surface area contributed by atoms with E-state index in [1.54, 1.807) is 0 Å². The molecule has 0 aromatic rings. The highest BCUT2D eigenvalue weighted by atomic mass is 35.5. The molecule has 0 fully saturated rings. The van der Waals surface area contributed by atoms with Crippen LogP contribution in [0.15, 0.2) is 0 Å². The van der Waals surface area contributed by atoms with Gasteiger partial charge in [0.05, 0.1) is 0 Å². The van der Waals surface area contributed by atoms with Crippen molar-refractivity contribution in [3.63, 3.8) is 0 Å². The van der Waals surface area contributed by atoms with Gasteiger partial charge in [-0.15, -0.1) is 11.6 Å². The number of hydrogen-bond donors (Lipinski definition) is 1. The molecule has 0 heterocycles. The number of aliphatic carboxylic acids is 1. The third-order valence-electron chi connectivity index (χ3n) is 1.54. The summed E-state index contributed by atoms with van der Waals surface area (Å²) in [6.45, 7) is 2.10. The second-order valence-electron chi connectivity index (χ2n) is 2.67. The van der Waals surface area contributed by atoms with E-state index >= 15 is 0 Å². The number of hydrogen-bond acceptors (Lipinski definition) is 1. The predicted molar refractivity (Wildman–Crippen MR) is 46.0 cm³/mol. The summed E-state index contributed by atoms with van der Waals surface area (Å²) in [5, 5.41) is 8.38. The molecule has 1 atom stereocenters. The number of carbonyl (C=O) groups is 1. The van der Waals surface area contributed by atoms with Gasteiger partial charge in [0.15, 0.2) is 0 Å². The molecule has 0 amide bonds. The molecule has 0 aliphatic rings. The second-order valence-corrected chi connectivity index (χ2v) is 3.29. The zero-order valence-electron chi connectivity index (χ0n) is 6.85.